The summed E-state index contributed by atoms with van der Waals surface area (Å²) in [6.07, 6.45) is 1.91. The molecule has 250 valence electrons. The molecule has 4 aromatic heterocycles. The van der Waals surface area contributed by atoms with Crippen LogP contribution >= 0.6 is 0 Å². The molecule has 0 saturated carbocycles. The highest BCUT2D eigenvalue weighted by molar-refractivity contribution is 6.13. The Morgan fingerprint density at radius 1 is 0.377 bits per heavy atom. The summed E-state index contributed by atoms with van der Waals surface area (Å²) in [5.41, 5.74) is 15.0. The molecule has 0 unspecified atom stereocenters. The summed E-state index contributed by atoms with van der Waals surface area (Å²) < 4.78 is 7.30. The Kier molecular flexibility index (Phi) is 6.35. The molecule has 0 amide bonds. The standard InChI is InChI=1S/C49H34N4/c1-31-14-13-27-50-49(31)40-29-34(52-44-22-10-5-17-37(44)38-18-6-11-23-45(38)52)30-48(32(40)2)53-46-24-12-7-19-39(46)41-28-33(25-26-47(41)53)51-42-20-8-3-15-35(42)36-16-4-9-21-43(36)51/h3-30H,1-2H3. The third-order valence-electron chi connectivity index (χ3n) is 11.2. The molecule has 53 heavy (non-hydrogen) atoms. The highest BCUT2D eigenvalue weighted by Crippen LogP contribution is 2.41. The average Bonchev–Trinajstić information content (AvgIpc) is 3.84. The molecule has 0 fully saturated rings. The monoisotopic (exact) mass is 678 g/mol. The number of hydrogen-bond acceptors (Lipinski definition) is 1. The fourth-order valence-corrected chi connectivity index (χ4v) is 8.82. The van der Waals surface area contributed by atoms with Gasteiger partial charge in [-0.15, -0.1) is 0 Å². The maximum Gasteiger partial charge on any atom is 0.0735 e. The van der Waals surface area contributed by atoms with Crippen LogP contribution in [0.4, 0.5) is 0 Å². The predicted molar refractivity (Wildman–Crippen MR) is 222 cm³/mol. The summed E-state index contributed by atoms with van der Waals surface area (Å²) in [5.74, 6) is 0. The maximum atomic E-state index is 4.97. The molecule has 0 aliphatic rings. The lowest BCUT2D eigenvalue weighted by Crippen LogP contribution is -2.04. The molecule has 7 aromatic carbocycles. The molecule has 11 aromatic rings. The number of hydrogen-bond donors (Lipinski definition) is 0. The molecule has 0 aliphatic heterocycles. The third kappa shape index (κ3) is 4.27. The van der Waals surface area contributed by atoms with Crippen LogP contribution in [0.1, 0.15) is 11.1 Å². The van der Waals surface area contributed by atoms with Crippen molar-refractivity contribution < 1.29 is 0 Å². The Morgan fingerprint density at radius 3 is 1.36 bits per heavy atom. The molecule has 0 N–H and O–H groups in total. The van der Waals surface area contributed by atoms with Gasteiger partial charge in [-0.25, -0.2) is 0 Å². The van der Waals surface area contributed by atoms with Crippen molar-refractivity contribution in [3.05, 3.63) is 181 Å². The number of nitrogens with zero attached hydrogens (tertiary/aromatic N) is 4. The van der Waals surface area contributed by atoms with E-state index in [0.717, 1.165) is 33.9 Å². The van der Waals surface area contributed by atoms with Crippen LogP contribution in [0.3, 0.4) is 0 Å². The molecule has 0 spiro atoms. The first-order valence-electron chi connectivity index (χ1n) is 18.2. The summed E-state index contributed by atoms with van der Waals surface area (Å²) in [4.78, 5) is 4.97. The summed E-state index contributed by atoms with van der Waals surface area (Å²) in [6.45, 7) is 4.41. The van der Waals surface area contributed by atoms with Gasteiger partial charge < -0.3 is 13.7 Å². The van der Waals surface area contributed by atoms with E-state index in [9.17, 15) is 0 Å². The second-order valence-corrected chi connectivity index (χ2v) is 14.1. The molecule has 4 heteroatoms. The number of rotatable bonds is 4. The fourth-order valence-electron chi connectivity index (χ4n) is 8.82. The number of aryl methyl sites for hydroxylation is 1. The van der Waals surface area contributed by atoms with E-state index in [1.807, 2.05) is 12.3 Å². The van der Waals surface area contributed by atoms with Crippen LogP contribution in [0, 0.1) is 13.8 Å². The number of aromatic nitrogens is 4. The van der Waals surface area contributed by atoms with E-state index in [1.54, 1.807) is 0 Å². The van der Waals surface area contributed by atoms with Crippen LogP contribution in [-0.4, -0.2) is 18.7 Å². The topological polar surface area (TPSA) is 27.7 Å². The summed E-state index contributed by atoms with van der Waals surface area (Å²) >= 11 is 0. The summed E-state index contributed by atoms with van der Waals surface area (Å²) in [5, 5.41) is 7.46. The molecule has 11 rings (SSSR count). The van der Waals surface area contributed by atoms with Gasteiger partial charge in [-0.1, -0.05) is 97.1 Å². The van der Waals surface area contributed by atoms with Crippen LogP contribution in [0.25, 0.3) is 93.7 Å². The van der Waals surface area contributed by atoms with Crippen LogP contribution in [-0.2, 0) is 0 Å². The fraction of sp³-hybridized carbons (Fsp3) is 0.0408. The van der Waals surface area contributed by atoms with Crippen LogP contribution in [0.2, 0.25) is 0 Å². The lowest BCUT2D eigenvalue weighted by molar-refractivity contribution is 1.11. The molecular formula is C49H34N4. The van der Waals surface area contributed by atoms with Crippen molar-refractivity contribution in [2.45, 2.75) is 13.8 Å². The summed E-state index contributed by atoms with van der Waals surface area (Å²) in [7, 11) is 0. The van der Waals surface area contributed by atoms with Gasteiger partial charge in [-0.2, -0.15) is 0 Å². The number of fused-ring (bicyclic) bond motifs is 9. The Hall–Kier alpha value is -6.91. The average molecular weight is 679 g/mol. The molecule has 0 saturated heterocycles. The van der Waals surface area contributed by atoms with Crippen molar-refractivity contribution in [3.8, 4) is 28.3 Å². The van der Waals surface area contributed by atoms with Gasteiger partial charge in [0, 0.05) is 55.5 Å². The van der Waals surface area contributed by atoms with Crippen molar-refractivity contribution in [3.63, 3.8) is 0 Å². The zero-order valence-corrected chi connectivity index (χ0v) is 29.5. The van der Waals surface area contributed by atoms with Crippen LogP contribution in [0.15, 0.2) is 170 Å². The van der Waals surface area contributed by atoms with E-state index >= 15 is 0 Å². The third-order valence-corrected chi connectivity index (χ3v) is 11.2. The van der Waals surface area contributed by atoms with Crippen molar-refractivity contribution in [1.29, 1.82) is 0 Å². The van der Waals surface area contributed by atoms with Gasteiger partial charge >= 0.3 is 0 Å². The molecule has 4 heterocycles. The largest absolute Gasteiger partial charge is 0.309 e. The molecule has 0 atom stereocenters. The van der Waals surface area contributed by atoms with Crippen molar-refractivity contribution in [1.82, 2.24) is 18.7 Å². The van der Waals surface area contributed by atoms with Gasteiger partial charge in [0.25, 0.3) is 0 Å². The maximum absolute atomic E-state index is 4.97. The smallest absolute Gasteiger partial charge is 0.0735 e. The first kappa shape index (κ1) is 29.8. The van der Waals surface area contributed by atoms with Gasteiger partial charge in [0.1, 0.15) is 0 Å². The second kappa shape index (κ2) is 11.3. The lowest BCUT2D eigenvalue weighted by atomic mass is 9.98. The van der Waals surface area contributed by atoms with E-state index in [0.29, 0.717) is 0 Å². The van der Waals surface area contributed by atoms with Gasteiger partial charge in [0.05, 0.1) is 44.5 Å². The Balaban J connectivity index is 1.23. The molecule has 0 bridgehead atoms. The minimum absolute atomic E-state index is 1.00. The molecule has 0 aliphatic carbocycles. The number of benzene rings is 7. The van der Waals surface area contributed by atoms with E-state index in [1.165, 1.54) is 71.0 Å². The molecule has 4 nitrogen and oxygen atoms in total. The molecular weight excluding hydrogens is 645 g/mol. The van der Waals surface area contributed by atoms with E-state index in [2.05, 4.69) is 185 Å². The zero-order chi connectivity index (χ0) is 35.2. The summed E-state index contributed by atoms with van der Waals surface area (Å²) in [6, 6.07) is 59.6. The quantitative estimate of drug-likeness (QED) is 0.182. The van der Waals surface area contributed by atoms with Crippen molar-refractivity contribution in [2.75, 3.05) is 0 Å². The van der Waals surface area contributed by atoms with E-state index < -0.39 is 0 Å². The lowest BCUT2D eigenvalue weighted by Gasteiger charge is -2.19. The Morgan fingerprint density at radius 2 is 0.830 bits per heavy atom. The van der Waals surface area contributed by atoms with Gasteiger partial charge in [-0.05, 0) is 91.7 Å². The Bertz CT molecular complexity index is 3160. The van der Waals surface area contributed by atoms with Gasteiger partial charge in [0.2, 0.25) is 0 Å². The van der Waals surface area contributed by atoms with E-state index in [-0.39, 0.29) is 0 Å². The Labute approximate surface area is 306 Å². The van der Waals surface area contributed by atoms with Gasteiger partial charge in [0.15, 0.2) is 0 Å². The zero-order valence-electron chi connectivity index (χ0n) is 29.5. The van der Waals surface area contributed by atoms with Crippen molar-refractivity contribution >= 4 is 65.4 Å². The molecule has 0 radical (unpaired) electrons. The number of para-hydroxylation sites is 5. The van der Waals surface area contributed by atoms with Gasteiger partial charge in [-0.3, -0.25) is 4.98 Å². The first-order chi connectivity index (χ1) is 26.2. The normalized spacial score (nSPS) is 12.0. The van der Waals surface area contributed by atoms with E-state index in [4.69, 9.17) is 4.98 Å². The second-order valence-electron chi connectivity index (χ2n) is 14.1. The highest BCUT2D eigenvalue weighted by Gasteiger charge is 2.21. The van der Waals surface area contributed by atoms with Crippen LogP contribution < -0.4 is 0 Å². The minimum atomic E-state index is 1.00. The highest BCUT2D eigenvalue weighted by atomic mass is 15.0. The minimum Gasteiger partial charge on any atom is -0.309 e. The first-order valence-corrected chi connectivity index (χ1v) is 18.2. The number of pyridine rings is 1. The van der Waals surface area contributed by atoms with Crippen molar-refractivity contribution in [2.24, 2.45) is 0 Å². The SMILES string of the molecule is Cc1cccnc1-c1cc(-n2c3ccccc3c3ccccc32)cc(-n2c3ccccc3c3cc(-n4c5ccccc5c5ccccc54)ccc32)c1C. The van der Waals surface area contributed by atoms with Crippen LogP contribution in [0.5, 0.6) is 0 Å². The predicted octanol–water partition coefficient (Wildman–Crippen LogP) is 12.7.